The summed E-state index contributed by atoms with van der Waals surface area (Å²) in [5, 5.41) is 5.73. The van der Waals surface area contributed by atoms with Crippen molar-refractivity contribution in [1.82, 2.24) is 19.7 Å². The summed E-state index contributed by atoms with van der Waals surface area (Å²) in [6.45, 7) is 1.07. The first-order chi connectivity index (χ1) is 19.1. The van der Waals surface area contributed by atoms with Crippen LogP contribution in [0.5, 0.6) is 11.5 Å². The highest BCUT2D eigenvalue weighted by Gasteiger charge is 2.41. The number of anilines is 2. The molecule has 1 fully saturated rings. The molecule has 0 atom stereocenters. The van der Waals surface area contributed by atoms with E-state index >= 15 is 4.39 Å². The lowest BCUT2D eigenvalue weighted by Crippen LogP contribution is -2.21. The molecule has 3 N–H and O–H groups in total. The molecule has 0 unspecified atom stereocenters. The molecule has 1 aromatic carbocycles. The van der Waals surface area contributed by atoms with Crippen LogP contribution in [0.2, 0.25) is 0 Å². The van der Waals surface area contributed by atoms with Gasteiger partial charge in [-0.3, -0.25) is 4.79 Å². The minimum Gasteiger partial charge on any atom is -0.454 e. The highest BCUT2D eigenvalue weighted by Crippen LogP contribution is 2.39. The van der Waals surface area contributed by atoms with Gasteiger partial charge in [0, 0.05) is 42.9 Å². The molecular weight excluding hydrogens is 539 g/mol. The second kappa shape index (κ2) is 10.9. The molecule has 14 heteroatoms. The molecule has 1 aliphatic heterocycles. The Kier molecular flexibility index (Phi) is 7.34. The Morgan fingerprint density at radius 3 is 2.52 bits per heavy atom. The number of halogens is 5. The predicted octanol–water partition coefficient (Wildman–Crippen LogP) is 5.48. The molecule has 4 aromatic rings. The van der Waals surface area contributed by atoms with Crippen molar-refractivity contribution in [3.05, 3.63) is 83.4 Å². The third-order valence-corrected chi connectivity index (χ3v) is 6.24. The molecule has 0 aliphatic carbocycles. The van der Waals surface area contributed by atoms with E-state index in [0.29, 0.717) is 43.6 Å². The number of alkyl halides is 3. The second-order valence-electron chi connectivity index (χ2n) is 8.82. The summed E-state index contributed by atoms with van der Waals surface area (Å²) in [6.07, 6.45) is -0.586. The van der Waals surface area contributed by atoms with Crippen LogP contribution in [0.3, 0.4) is 0 Å². The summed E-state index contributed by atoms with van der Waals surface area (Å²) >= 11 is 0. The first-order valence-corrected chi connectivity index (χ1v) is 12.0. The number of benzene rings is 1. The fourth-order valence-electron chi connectivity index (χ4n) is 4.42. The lowest BCUT2D eigenvalue weighted by molar-refractivity contribution is -0.143. The lowest BCUT2D eigenvalue weighted by atomic mass is 9.91. The van der Waals surface area contributed by atoms with Gasteiger partial charge in [0.15, 0.2) is 28.9 Å². The average Bonchev–Trinajstić information content (AvgIpc) is 3.37. The summed E-state index contributed by atoms with van der Waals surface area (Å²) < 4.78 is 82.2. The zero-order valence-corrected chi connectivity index (χ0v) is 20.6. The molecule has 208 valence electrons. The van der Waals surface area contributed by atoms with Crippen molar-refractivity contribution < 1.29 is 36.2 Å². The van der Waals surface area contributed by atoms with Crippen LogP contribution in [0, 0.1) is 11.6 Å². The van der Waals surface area contributed by atoms with Crippen molar-refractivity contribution in [3.63, 3.8) is 0 Å². The minimum absolute atomic E-state index is 0.00220. The first-order valence-electron chi connectivity index (χ1n) is 12.0. The Morgan fingerprint density at radius 1 is 1.05 bits per heavy atom. The summed E-state index contributed by atoms with van der Waals surface area (Å²) in [4.78, 5) is 20.5. The number of carbonyl (C=O) groups excluding carboxylic acids is 1. The molecule has 5 rings (SSSR count). The molecule has 0 spiro atoms. The summed E-state index contributed by atoms with van der Waals surface area (Å²) in [5.74, 6) is -3.59. The quantitative estimate of drug-likeness (QED) is 0.300. The minimum atomic E-state index is -5.09. The lowest BCUT2D eigenvalue weighted by Gasteiger charge is -2.25. The van der Waals surface area contributed by atoms with Crippen LogP contribution >= 0.6 is 0 Å². The van der Waals surface area contributed by atoms with Gasteiger partial charge in [0.1, 0.15) is 11.6 Å². The standard InChI is InChI=1S/C26H21F5N6O3/c27-17-2-1-8-34-24(17)37-22(26(29,30)31)16(13-35-37)25(38)36-15-3-4-19(18(28)12-15)40-20-5-9-33-23(32)21(20)14-6-10-39-11-7-14/h1-5,8-9,12-14H,6-7,10-11H2,(H2,32,33)(H,36,38). The highest BCUT2D eigenvalue weighted by molar-refractivity contribution is 6.05. The van der Waals surface area contributed by atoms with E-state index in [2.05, 4.69) is 20.4 Å². The van der Waals surface area contributed by atoms with Crippen molar-refractivity contribution in [2.75, 3.05) is 24.3 Å². The molecule has 4 heterocycles. The fourth-order valence-corrected chi connectivity index (χ4v) is 4.42. The number of ether oxygens (including phenoxy) is 2. The van der Waals surface area contributed by atoms with E-state index in [1.807, 2.05) is 0 Å². The first kappa shape index (κ1) is 27.0. The van der Waals surface area contributed by atoms with Crippen LogP contribution in [0.1, 0.15) is 40.4 Å². The number of nitrogens with one attached hydrogen (secondary N) is 1. The van der Waals surface area contributed by atoms with E-state index in [1.165, 1.54) is 24.4 Å². The maximum atomic E-state index is 15.0. The van der Waals surface area contributed by atoms with E-state index in [1.54, 1.807) is 6.07 Å². The van der Waals surface area contributed by atoms with Gasteiger partial charge in [0.05, 0.1) is 11.8 Å². The predicted molar refractivity (Wildman–Crippen MR) is 132 cm³/mol. The van der Waals surface area contributed by atoms with Crippen LogP contribution in [-0.2, 0) is 10.9 Å². The molecule has 9 nitrogen and oxygen atoms in total. The Bertz CT molecular complexity index is 1550. The molecule has 0 bridgehead atoms. The molecule has 1 aliphatic rings. The number of carbonyl (C=O) groups is 1. The number of amides is 1. The summed E-state index contributed by atoms with van der Waals surface area (Å²) in [6, 6.07) is 7.01. The smallest absolute Gasteiger partial charge is 0.434 e. The fraction of sp³-hybridized carbons (Fsp3) is 0.231. The van der Waals surface area contributed by atoms with Gasteiger partial charge < -0.3 is 20.5 Å². The van der Waals surface area contributed by atoms with Gasteiger partial charge in [0.25, 0.3) is 5.91 Å². The van der Waals surface area contributed by atoms with Gasteiger partial charge in [-0.1, -0.05) is 0 Å². The maximum Gasteiger partial charge on any atom is 0.434 e. The van der Waals surface area contributed by atoms with E-state index in [9.17, 15) is 22.4 Å². The third-order valence-electron chi connectivity index (χ3n) is 6.24. The number of hydrogen-bond acceptors (Lipinski definition) is 7. The van der Waals surface area contributed by atoms with Crippen molar-refractivity contribution in [3.8, 4) is 17.3 Å². The number of hydrogen-bond donors (Lipinski definition) is 2. The molecule has 0 saturated carbocycles. The Morgan fingerprint density at radius 2 is 1.82 bits per heavy atom. The third kappa shape index (κ3) is 5.43. The Labute approximate surface area is 223 Å². The Balaban J connectivity index is 1.39. The average molecular weight is 560 g/mol. The molecule has 40 heavy (non-hydrogen) atoms. The van der Waals surface area contributed by atoms with Crippen molar-refractivity contribution in [2.45, 2.75) is 24.9 Å². The SMILES string of the molecule is Nc1nccc(Oc2ccc(NC(=O)c3cnn(-c4ncccc4F)c3C(F)(F)F)cc2F)c1C1CCOCC1. The summed E-state index contributed by atoms with van der Waals surface area (Å²) in [5.41, 5.74) is 4.10. The molecule has 3 aromatic heterocycles. The molecule has 0 radical (unpaired) electrons. The van der Waals surface area contributed by atoms with E-state index in [4.69, 9.17) is 15.2 Å². The zero-order chi connectivity index (χ0) is 28.4. The topological polar surface area (TPSA) is 117 Å². The number of nitrogens with zero attached hydrogens (tertiary/aromatic N) is 4. The number of rotatable bonds is 6. The van der Waals surface area contributed by atoms with Crippen molar-refractivity contribution in [2.24, 2.45) is 0 Å². The van der Waals surface area contributed by atoms with Crippen molar-refractivity contribution in [1.29, 1.82) is 0 Å². The van der Waals surface area contributed by atoms with Gasteiger partial charge in [-0.25, -0.2) is 23.4 Å². The zero-order valence-electron chi connectivity index (χ0n) is 20.6. The molecule has 1 amide bonds. The van der Waals surface area contributed by atoms with Crippen LogP contribution in [-0.4, -0.2) is 38.9 Å². The molecular formula is C26H21F5N6O3. The van der Waals surface area contributed by atoms with Crippen LogP contribution in [0.4, 0.5) is 33.5 Å². The second-order valence-corrected chi connectivity index (χ2v) is 8.82. The number of nitrogens with two attached hydrogens (primary N) is 1. The van der Waals surface area contributed by atoms with E-state index < -0.39 is 40.8 Å². The van der Waals surface area contributed by atoms with Gasteiger partial charge >= 0.3 is 6.18 Å². The van der Waals surface area contributed by atoms with Crippen LogP contribution in [0.25, 0.3) is 5.82 Å². The number of nitrogen functional groups attached to an aromatic ring is 1. The number of aromatic nitrogens is 4. The summed E-state index contributed by atoms with van der Waals surface area (Å²) in [7, 11) is 0. The molecule has 1 saturated heterocycles. The van der Waals surface area contributed by atoms with Gasteiger partial charge in [-0.15, -0.1) is 0 Å². The number of pyridine rings is 2. The van der Waals surface area contributed by atoms with Gasteiger partial charge in [-0.2, -0.15) is 18.3 Å². The van der Waals surface area contributed by atoms with Crippen molar-refractivity contribution >= 4 is 17.4 Å². The van der Waals surface area contributed by atoms with Gasteiger partial charge in [0.2, 0.25) is 0 Å². The highest BCUT2D eigenvalue weighted by atomic mass is 19.4. The van der Waals surface area contributed by atoms with Crippen LogP contribution in [0.15, 0.2) is 55.0 Å². The maximum absolute atomic E-state index is 15.0. The van der Waals surface area contributed by atoms with Gasteiger partial charge in [-0.05, 0) is 49.1 Å². The van der Waals surface area contributed by atoms with E-state index in [-0.39, 0.29) is 27.9 Å². The monoisotopic (exact) mass is 560 g/mol. The van der Waals surface area contributed by atoms with E-state index in [0.717, 1.165) is 18.3 Å². The van der Waals surface area contributed by atoms with Crippen LogP contribution < -0.4 is 15.8 Å². The Hall–Kier alpha value is -4.59. The largest absolute Gasteiger partial charge is 0.454 e. The normalized spacial score (nSPS) is 14.2.